The number of carbonyl (C=O) groups is 3. The lowest BCUT2D eigenvalue weighted by molar-refractivity contribution is -0.124. The SMILES string of the molecule is O=C(CNC(=O)C1CC1(F)F)c1cc(NC(=O)C2C(c3cc(Cl)cc(Cl)c3)C2(Cl)Cl)ccc1Cl. The van der Waals surface area contributed by atoms with E-state index in [9.17, 15) is 23.2 Å². The van der Waals surface area contributed by atoms with Gasteiger partial charge < -0.3 is 10.6 Å². The molecule has 0 bridgehead atoms. The molecule has 4 rings (SSSR count). The average molecular weight is 571 g/mol. The van der Waals surface area contributed by atoms with Crippen LogP contribution in [0.25, 0.3) is 0 Å². The summed E-state index contributed by atoms with van der Waals surface area (Å²) in [5.41, 5.74) is 0.836. The summed E-state index contributed by atoms with van der Waals surface area (Å²) in [7, 11) is 0. The van der Waals surface area contributed by atoms with E-state index in [1.54, 1.807) is 18.2 Å². The largest absolute Gasteiger partial charge is 0.348 e. The second kappa shape index (κ2) is 9.10. The number of anilines is 1. The first-order chi connectivity index (χ1) is 15.8. The van der Waals surface area contributed by atoms with Gasteiger partial charge in [-0.05, 0) is 42.0 Å². The van der Waals surface area contributed by atoms with Crippen LogP contribution in [0.1, 0.15) is 28.3 Å². The number of alkyl halides is 4. The molecule has 2 aromatic carbocycles. The third-order valence-corrected chi connectivity index (χ3v) is 7.39. The monoisotopic (exact) mass is 568 g/mol. The predicted octanol–water partition coefficient (Wildman–Crippen LogP) is 6.13. The van der Waals surface area contributed by atoms with Gasteiger partial charge in [0.05, 0.1) is 17.5 Å². The van der Waals surface area contributed by atoms with Crippen LogP contribution < -0.4 is 10.6 Å². The molecule has 0 aromatic heterocycles. The molecule has 3 atom stereocenters. The molecule has 2 aromatic rings. The molecule has 34 heavy (non-hydrogen) atoms. The van der Waals surface area contributed by atoms with Gasteiger partial charge in [-0.25, -0.2) is 8.78 Å². The van der Waals surface area contributed by atoms with E-state index in [2.05, 4.69) is 10.6 Å². The van der Waals surface area contributed by atoms with E-state index in [4.69, 9.17) is 58.0 Å². The van der Waals surface area contributed by atoms with Gasteiger partial charge in [0.25, 0.3) is 5.92 Å². The summed E-state index contributed by atoms with van der Waals surface area (Å²) in [5, 5.41) is 5.64. The Kier molecular flexibility index (Phi) is 6.81. The van der Waals surface area contributed by atoms with Gasteiger partial charge in [-0.3, -0.25) is 14.4 Å². The zero-order chi connectivity index (χ0) is 25.0. The number of hydrogen-bond donors (Lipinski definition) is 2. The lowest BCUT2D eigenvalue weighted by atomic mass is 10.1. The van der Waals surface area contributed by atoms with E-state index < -0.39 is 58.6 Å². The molecule has 2 saturated carbocycles. The standard InChI is InChI=1S/C22H15Cl5F2N2O3/c23-10-3-9(4-11(24)5-10)17-18(22(17,26)27)20(34)31-12-1-2-15(25)13(6-12)16(32)8-30-19(33)14-7-21(14,28)29/h1-6,14,17-18H,7-8H2,(H,30,33)(H,31,34). The lowest BCUT2D eigenvalue weighted by Gasteiger charge is -2.10. The zero-order valence-corrected chi connectivity index (χ0v) is 20.8. The quantitative estimate of drug-likeness (QED) is 0.311. The van der Waals surface area contributed by atoms with Crippen molar-refractivity contribution in [2.75, 3.05) is 11.9 Å². The summed E-state index contributed by atoms with van der Waals surface area (Å²) in [5.74, 6) is -7.85. The van der Waals surface area contributed by atoms with Crippen molar-refractivity contribution < 1.29 is 23.2 Å². The molecule has 12 heteroatoms. The van der Waals surface area contributed by atoms with Crippen LogP contribution in [0, 0.1) is 11.8 Å². The molecular weight excluding hydrogens is 556 g/mol. The molecule has 0 aliphatic heterocycles. The van der Waals surface area contributed by atoms with Crippen LogP contribution in [0.3, 0.4) is 0 Å². The number of amides is 2. The van der Waals surface area contributed by atoms with Gasteiger partial charge in [0, 0.05) is 33.6 Å². The minimum absolute atomic E-state index is 0.000644. The Hall–Kier alpha value is -1.64. The maximum Gasteiger partial charge on any atom is 0.260 e. The molecular formula is C22H15Cl5F2N2O3. The van der Waals surface area contributed by atoms with Crippen LogP contribution in [0.4, 0.5) is 14.5 Å². The van der Waals surface area contributed by atoms with Crippen molar-refractivity contribution >= 4 is 81.3 Å². The normalized spacial score (nSPS) is 23.7. The van der Waals surface area contributed by atoms with Crippen LogP contribution in [-0.2, 0) is 9.59 Å². The molecule has 5 nitrogen and oxygen atoms in total. The Morgan fingerprint density at radius 3 is 2.18 bits per heavy atom. The highest BCUT2D eigenvalue weighted by Gasteiger charge is 2.67. The van der Waals surface area contributed by atoms with Gasteiger partial charge in [-0.15, -0.1) is 23.2 Å². The van der Waals surface area contributed by atoms with Crippen molar-refractivity contribution in [2.24, 2.45) is 11.8 Å². The Bertz CT molecular complexity index is 1190. The van der Waals surface area contributed by atoms with Crippen molar-refractivity contribution in [3.8, 4) is 0 Å². The summed E-state index contributed by atoms with van der Waals surface area (Å²) in [4.78, 5) is 37.1. The number of rotatable bonds is 7. The van der Waals surface area contributed by atoms with Crippen LogP contribution in [0.2, 0.25) is 15.1 Å². The van der Waals surface area contributed by atoms with E-state index in [0.717, 1.165) is 0 Å². The van der Waals surface area contributed by atoms with Gasteiger partial charge in [0.15, 0.2) is 5.78 Å². The van der Waals surface area contributed by atoms with E-state index in [-0.39, 0.29) is 16.3 Å². The lowest BCUT2D eigenvalue weighted by Crippen LogP contribution is -2.32. The van der Waals surface area contributed by atoms with Crippen molar-refractivity contribution in [1.82, 2.24) is 5.32 Å². The van der Waals surface area contributed by atoms with Crippen LogP contribution in [-0.4, -0.2) is 34.4 Å². The number of hydrogen-bond acceptors (Lipinski definition) is 3. The highest BCUT2D eigenvalue weighted by Crippen LogP contribution is 2.65. The van der Waals surface area contributed by atoms with Gasteiger partial charge in [0.2, 0.25) is 11.8 Å². The van der Waals surface area contributed by atoms with Crippen molar-refractivity contribution in [3.63, 3.8) is 0 Å². The number of Topliss-reactive ketones (excluding diaryl/α,β-unsaturated/α-hetero) is 1. The first-order valence-corrected chi connectivity index (χ1v) is 11.8. The van der Waals surface area contributed by atoms with Crippen LogP contribution in [0.5, 0.6) is 0 Å². The van der Waals surface area contributed by atoms with Gasteiger partial charge >= 0.3 is 0 Å². The van der Waals surface area contributed by atoms with E-state index in [1.807, 2.05) is 0 Å². The zero-order valence-electron chi connectivity index (χ0n) is 17.0. The molecule has 2 N–H and O–H groups in total. The summed E-state index contributed by atoms with van der Waals surface area (Å²) in [6.07, 6.45) is -0.540. The first-order valence-electron chi connectivity index (χ1n) is 9.94. The fourth-order valence-corrected chi connectivity index (χ4v) is 5.34. The highest BCUT2D eigenvalue weighted by molar-refractivity contribution is 6.53. The molecule has 3 unspecified atom stereocenters. The molecule has 2 amide bonds. The van der Waals surface area contributed by atoms with Crippen LogP contribution in [0.15, 0.2) is 36.4 Å². The number of ketones is 1. The fraction of sp³-hybridized carbons (Fsp3) is 0.318. The Balaban J connectivity index is 1.43. The number of nitrogens with one attached hydrogen (secondary N) is 2. The Morgan fingerprint density at radius 1 is 0.971 bits per heavy atom. The molecule has 0 saturated heterocycles. The minimum Gasteiger partial charge on any atom is -0.348 e. The summed E-state index contributed by atoms with van der Waals surface area (Å²) in [6, 6.07) is 8.96. The minimum atomic E-state index is -3.04. The van der Waals surface area contributed by atoms with Crippen LogP contribution >= 0.6 is 58.0 Å². The van der Waals surface area contributed by atoms with Gasteiger partial charge in [0.1, 0.15) is 10.3 Å². The molecule has 180 valence electrons. The second-order valence-electron chi connectivity index (χ2n) is 8.18. The summed E-state index contributed by atoms with van der Waals surface area (Å²) in [6.45, 7) is -0.519. The summed E-state index contributed by atoms with van der Waals surface area (Å²) < 4.78 is 24.6. The van der Waals surface area contributed by atoms with Crippen molar-refractivity contribution in [1.29, 1.82) is 0 Å². The predicted molar refractivity (Wildman–Crippen MR) is 128 cm³/mol. The van der Waals surface area contributed by atoms with E-state index in [1.165, 1.54) is 18.2 Å². The molecule has 2 fully saturated rings. The van der Waals surface area contributed by atoms with Gasteiger partial charge in [-0.1, -0.05) is 34.8 Å². The maximum atomic E-state index is 13.0. The Labute approximate surface area is 218 Å². The smallest absolute Gasteiger partial charge is 0.260 e. The summed E-state index contributed by atoms with van der Waals surface area (Å²) >= 11 is 30.9. The topological polar surface area (TPSA) is 75.3 Å². The van der Waals surface area contributed by atoms with E-state index >= 15 is 0 Å². The molecule has 0 heterocycles. The molecule has 0 spiro atoms. The molecule has 2 aliphatic rings. The molecule has 0 radical (unpaired) electrons. The number of carbonyl (C=O) groups excluding carboxylic acids is 3. The van der Waals surface area contributed by atoms with Gasteiger partial charge in [-0.2, -0.15) is 0 Å². The highest BCUT2D eigenvalue weighted by atomic mass is 35.5. The second-order valence-corrected chi connectivity index (χ2v) is 10.9. The third kappa shape index (κ3) is 5.14. The number of halogens is 7. The van der Waals surface area contributed by atoms with Crippen molar-refractivity contribution in [3.05, 3.63) is 62.6 Å². The fourth-order valence-electron chi connectivity index (χ4n) is 3.74. The third-order valence-electron chi connectivity index (χ3n) is 5.68. The van der Waals surface area contributed by atoms with Crippen molar-refractivity contribution in [2.45, 2.75) is 22.6 Å². The maximum absolute atomic E-state index is 13.0. The molecule has 2 aliphatic carbocycles. The number of benzene rings is 2. The Morgan fingerprint density at radius 2 is 1.59 bits per heavy atom. The first kappa shape index (κ1) is 25.5. The van der Waals surface area contributed by atoms with E-state index in [0.29, 0.717) is 15.6 Å². The average Bonchev–Trinajstić information content (AvgIpc) is 3.56.